The Bertz CT molecular complexity index is 1230. The van der Waals surface area contributed by atoms with Crippen LogP contribution in [0.4, 0.5) is 18.9 Å². The van der Waals surface area contributed by atoms with Crippen LogP contribution in [-0.4, -0.2) is 32.1 Å². The van der Waals surface area contributed by atoms with Crippen molar-refractivity contribution in [2.75, 3.05) is 17.1 Å². The van der Waals surface area contributed by atoms with Gasteiger partial charge in [-0.25, -0.2) is 8.42 Å². The summed E-state index contributed by atoms with van der Waals surface area (Å²) in [6.07, 6.45) is -2.24. The molecule has 0 saturated heterocycles. The van der Waals surface area contributed by atoms with E-state index in [4.69, 9.17) is 5.73 Å². The van der Waals surface area contributed by atoms with Gasteiger partial charge in [-0.1, -0.05) is 42.5 Å². The van der Waals surface area contributed by atoms with Crippen molar-refractivity contribution in [1.82, 2.24) is 4.98 Å². The number of H-pyrrole nitrogens is 1. The Kier molecular flexibility index (Phi) is 5.62. The first-order valence-corrected chi connectivity index (χ1v) is 10.3. The largest absolute Gasteiger partial charge is 0.416 e. The number of alkyl halides is 3. The summed E-state index contributed by atoms with van der Waals surface area (Å²) in [6.45, 7) is 0. The van der Waals surface area contributed by atoms with Crippen LogP contribution in [0.5, 0.6) is 0 Å². The lowest BCUT2D eigenvalue weighted by molar-refractivity contribution is -0.137. The third kappa shape index (κ3) is 4.33. The zero-order valence-electron chi connectivity index (χ0n) is 15.8. The minimum Gasteiger partial charge on any atom is -0.364 e. The van der Waals surface area contributed by atoms with Gasteiger partial charge in [0.15, 0.2) is 0 Å². The van der Waals surface area contributed by atoms with Gasteiger partial charge >= 0.3 is 6.18 Å². The highest BCUT2D eigenvalue weighted by Gasteiger charge is 2.32. The van der Waals surface area contributed by atoms with Gasteiger partial charge in [-0.05, 0) is 23.8 Å². The van der Waals surface area contributed by atoms with Crippen LogP contribution < -0.4 is 10.0 Å². The van der Waals surface area contributed by atoms with Gasteiger partial charge in [0.1, 0.15) is 5.69 Å². The molecule has 0 fully saturated rings. The number of carbonyl (C=O) groups is 1. The molecular weight excluding hydrogens is 419 g/mol. The van der Waals surface area contributed by atoms with Crippen LogP contribution in [-0.2, 0) is 16.2 Å². The molecular formula is C20H18F3N3O3S. The summed E-state index contributed by atoms with van der Waals surface area (Å²) in [5.74, 6) is -1.20. The Morgan fingerprint density at radius 3 is 2.53 bits per heavy atom. The number of amides is 1. The minimum absolute atomic E-state index is 0.125. The second-order valence-electron chi connectivity index (χ2n) is 6.52. The number of rotatable bonds is 6. The Morgan fingerprint density at radius 1 is 1.17 bits per heavy atom. The fourth-order valence-corrected chi connectivity index (χ4v) is 4.01. The van der Waals surface area contributed by atoms with E-state index in [2.05, 4.69) is 4.98 Å². The average Bonchev–Trinajstić information content (AvgIpc) is 3.11. The molecule has 1 aromatic heterocycles. The first-order chi connectivity index (χ1) is 14.0. The number of anilines is 1. The topological polar surface area (TPSA) is 96.3 Å². The van der Waals surface area contributed by atoms with E-state index in [1.54, 1.807) is 18.2 Å². The molecule has 30 heavy (non-hydrogen) atoms. The van der Waals surface area contributed by atoms with Gasteiger partial charge < -0.3 is 10.7 Å². The van der Waals surface area contributed by atoms with Gasteiger partial charge in [0.05, 0.1) is 22.5 Å². The van der Waals surface area contributed by atoms with Crippen LogP contribution in [0.2, 0.25) is 0 Å². The van der Waals surface area contributed by atoms with Crippen LogP contribution in [0.3, 0.4) is 0 Å². The maximum Gasteiger partial charge on any atom is 0.416 e. The van der Waals surface area contributed by atoms with Gasteiger partial charge in [-0.2, -0.15) is 13.2 Å². The molecule has 0 aliphatic heterocycles. The molecule has 0 bridgehead atoms. The van der Waals surface area contributed by atoms with E-state index >= 15 is 0 Å². The fraction of sp³-hybridized carbons (Fsp3) is 0.150. The number of sulfonamides is 1. The number of hydrogen-bond acceptors (Lipinski definition) is 3. The molecule has 3 aromatic rings. The molecule has 3 N–H and O–H groups in total. The number of nitrogens with one attached hydrogen (secondary N) is 1. The van der Waals surface area contributed by atoms with E-state index in [0.29, 0.717) is 10.9 Å². The predicted molar refractivity (Wildman–Crippen MR) is 109 cm³/mol. The van der Waals surface area contributed by atoms with Gasteiger partial charge in [0.25, 0.3) is 5.91 Å². The van der Waals surface area contributed by atoms with Crippen molar-refractivity contribution >= 4 is 38.6 Å². The van der Waals surface area contributed by atoms with Crippen LogP contribution in [0.15, 0.2) is 54.6 Å². The number of fused-ring (bicyclic) bond motifs is 1. The van der Waals surface area contributed by atoms with E-state index < -0.39 is 33.4 Å². The van der Waals surface area contributed by atoms with Gasteiger partial charge in [0.2, 0.25) is 10.0 Å². The van der Waals surface area contributed by atoms with Crippen molar-refractivity contribution in [2.45, 2.75) is 6.18 Å². The van der Waals surface area contributed by atoms with Crippen molar-refractivity contribution in [3.8, 4) is 0 Å². The summed E-state index contributed by atoms with van der Waals surface area (Å²) < 4.78 is 65.7. The molecule has 1 heterocycles. The van der Waals surface area contributed by atoms with Crippen molar-refractivity contribution in [3.05, 3.63) is 71.4 Å². The highest BCUT2D eigenvalue weighted by molar-refractivity contribution is 7.92. The smallest absolute Gasteiger partial charge is 0.364 e. The van der Waals surface area contributed by atoms with Gasteiger partial charge in [-0.15, -0.1) is 0 Å². The molecule has 0 spiro atoms. The molecule has 0 aliphatic rings. The summed E-state index contributed by atoms with van der Waals surface area (Å²) in [4.78, 5) is 14.2. The lowest BCUT2D eigenvalue weighted by atomic mass is 10.1. The van der Waals surface area contributed by atoms with Crippen molar-refractivity contribution in [1.29, 1.82) is 0 Å². The van der Waals surface area contributed by atoms with Crippen molar-refractivity contribution in [2.24, 2.45) is 5.73 Å². The first-order valence-electron chi connectivity index (χ1n) is 8.71. The number of benzene rings is 2. The van der Waals surface area contributed by atoms with Gasteiger partial charge in [-0.3, -0.25) is 9.10 Å². The fourth-order valence-electron chi connectivity index (χ4n) is 2.99. The molecule has 0 atom stereocenters. The predicted octanol–water partition coefficient (Wildman–Crippen LogP) is 3.77. The molecule has 3 rings (SSSR count). The molecule has 10 heteroatoms. The number of nitrogens with zero attached hydrogens (tertiary/aromatic N) is 1. The highest BCUT2D eigenvalue weighted by atomic mass is 32.2. The Balaban J connectivity index is 1.88. The highest BCUT2D eigenvalue weighted by Crippen LogP contribution is 2.32. The molecule has 0 aliphatic carbocycles. The monoisotopic (exact) mass is 437 g/mol. The lowest BCUT2D eigenvalue weighted by Crippen LogP contribution is -2.28. The number of hydrogen-bond donors (Lipinski definition) is 2. The maximum atomic E-state index is 13.1. The number of aromatic amines is 1. The number of para-hydroxylation sites is 1. The van der Waals surface area contributed by atoms with E-state index in [-0.39, 0.29) is 16.9 Å². The van der Waals surface area contributed by atoms with Crippen molar-refractivity contribution < 1.29 is 26.4 Å². The summed E-state index contributed by atoms with van der Waals surface area (Å²) in [5, 5.41) is 0.595. The number of nitrogens with two attached hydrogens (primary N) is 1. The standard InChI is InChI=1S/C20H18F3N3O3S/c1-26(17-10-4-7-14-12-16(19(24)27)25-18(14)17)30(28,29)11-5-8-13-6-2-3-9-15(13)20(21,22)23/h2-10,12,25H,11H2,1H3,(H2,24,27). The first kappa shape index (κ1) is 21.4. The summed E-state index contributed by atoms with van der Waals surface area (Å²) in [6, 6.07) is 11.3. The maximum absolute atomic E-state index is 13.1. The molecule has 158 valence electrons. The summed E-state index contributed by atoms with van der Waals surface area (Å²) in [7, 11) is -2.58. The molecule has 0 unspecified atom stereocenters. The number of carbonyl (C=O) groups excluding carboxylic acids is 1. The second-order valence-corrected chi connectivity index (χ2v) is 8.57. The molecule has 6 nitrogen and oxygen atoms in total. The Morgan fingerprint density at radius 2 is 1.87 bits per heavy atom. The number of halogens is 3. The van der Waals surface area contributed by atoms with E-state index in [0.717, 1.165) is 16.4 Å². The Labute approximate surface area is 170 Å². The van der Waals surface area contributed by atoms with Crippen LogP contribution in [0.1, 0.15) is 21.6 Å². The van der Waals surface area contributed by atoms with Crippen LogP contribution in [0.25, 0.3) is 17.0 Å². The van der Waals surface area contributed by atoms with Crippen molar-refractivity contribution in [3.63, 3.8) is 0 Å². The average molecular weight is 437 g/mol. The molecule has 2 aromatic carbocycles. The summed E-state index contributed by atoms with van der Waals surface area (Å²) in [5.41, 5.74) is 5.11. The van der Waals surface area contributed by atoms with E-state index in [1.807, 2.05) is 0 Å². The normalized spacial score (nSPS) is 12.5. The van der Waals surface area contributed by atoms with E-state index in [1.165, 1.54) is 37.4 Å². The third-order valence-corrected chi connectivity index (χ3v) is 6.17. The Hall–Kier alpha value is -3.27. The molecule has 0 radical (unpaired) electrons. The SMILES string of the molecule is CN(c1cccc2cc(C(N)=O)[nH]c12)S(=O)(=O)CC=Cc1ccccc1C(F)(F)F. The zero-order valence-corrected chi connectivity index (χ0v) is 16.6. The number of primary amides is 1. The van der Waals surface area contributed by atoms with Gasteiger partial charge in [0, 0.05) is 12.4 Å². The zero-order chi connectivity index (χ0) is 22.1. The van der Waals surface area contributed by atoms with Crippen LogP contribution in [0, 0.1) is 0 Å². The lowest BCUT2D eigenvalue weighted by Gasteiger charge is -2.19. The third-order valence-electron chi connectivity index (χ3n) is 4.53. The minimum atomic E-state index is -4.54. The van der Waals surface area contributed by atoms with E-state index in [9.17, 15) is 26.4 Å². The van der Waals surface area contributed by atoms with Crippen LogP contribution >= 0.6 is 0 Å². The second kappa shape index (κ2) is 7.86. The molecule has 0 saturated carbocycles. The number of aromatic nitrogens is 1. The molecule has 1 amide bonds. The summed E-state index contributed by atoms with van der Waals surface area (Å²) >= 11 is 0. The quantitative estimate of drug-likeness (QED) is 0.615.